The Balaban J connectivity index is 3.28. The normalized spacial score (nSPS) is 11.7. The number of hydrogen-bond donors (Lipinski definition) is 1. The van der Waals surface area contributed by atoms with Crippen molar-refractivity contribution in [1.29, 1.82) is 0 Å². The molecule has 0 aliphatic carbocycles. The Labute approximate surface area is 78.7 Å². The van der Waals surface area contributed by atoms with Gasteiger partial charge in [0, 0.05) is 5.32 Å². The number of amides is 1. The lowest BCUT2D eigenvalue weighted by molar-refractivity contribution is 0.248. The third kappa shape index (κ3) is 1.98. The van der Waals surface area contributed by atoms with Crippen LogP contribution >= 0.6 is 0 Å². The maximum Gasteiger partial charge on any atom is 0.339 e. The molecule has 1 amide bonds. The molecule has 0 atom stereocenters. The molecule has 1 heterocycles. The highest BCUT2D eigenvalue weighted by Gasteiger charge is 2.24. The van der Waals surface area contributed by atoms with Crippen LogP contribution in [0.1, 0.15) is 5.69 Å². The van der Waals surface area contributed by atoms with Crippen molar-refractivity contribution in [3.05, 3.63) is 11.8 Å². The first-order valence-corrected chi connectivity index (χ1v) is 7.69. The second-order valence-electron chi connectivity index (χ2n) is 4.17. The minimum atomic E-state index is -1.52. The van der Waals surface area contributed by atoms with Gasteiger partial charge in [0.15, 0.2) is 0 Å². The summed E-state index contributed by atoms with van der Waals surface area (Å²) in [4.78, 5) is 11.0. The first-order chi connectivity index (χ1) is 5.82. The molecule has 1 rings (SSSR count). The van der Waals surface area contributed by atoms with Crippen LogP contribution in [0.25, 0.3) is 0 Å². The van der Waals surface area contributed by atoms with Crippen molar-refractivity contribution in [2.45, 2.75) is 26.6 Å². The summed E-state index contributed by atoms with van der Waals surface area (Å²) in [5.41, 5.74) is 6.05. The molecule has 4 nitrogen and oxygen atoms in total. The Morgan fingerprint density at radius 1 is 1.54 bits per heavy atom. The molecule has 1 aromatic heterocycles. The van der Waals surface area contributed by atoms with Crippen LogP contribution in [-0.4, -0.2) is 23.9 Å². The smallest absolute Gasteiger partial charge is 0.339 e. The highest BCUT2D eigenvalue weighted by atomic mass is 28.3. The van der Waals surface area contributed by atoms with Crippen molar-refractivity contribution in [3.8, 4) is 0 Å². The number of aromatic nitrogens is 2. The van der Waals surface area contributed by atoms with E-state index in [0.29, 0.717) is 0 Å². The number of nitrogens with two attached hydrogens (primary N) is 1. The molecule has 0 saturated carbocycles. The van der Waals surface area contributed by atoms with Crippen LogP contribution in [-0.2, 0) is 0 Å². The van der Waals surface area contributed by atoms with Gasteiger partial charge in [0.1, 0.15) is 8.07 Å². The van der Waals surface area contributed by atoms with Gasteiger partial charge in [-0.05, 0) is 13.0 Å². The van der Waals surface area contributed by atoms with Crippen molar-refractivity contribution < 1.29 is 4.79 Å². The van der Waals surface area contributed by atoms with Gasteiger partial charge in [-0.2, -0.15) is 9.78 Å². The number of carbonyl (C=O) groups excluding carboxylic acids is 1. The predicted molar refractivity (Wildman–Crippen MR) is 54.9 cm³/mol. The SMILES string of the molecule is Cc1cc([Si](C)(C)C)n(C(N)=O)n1. The quantitative estimate of drug-likeness (QED) is 0.672. The molecule has 0 aromatic carbocycles. The van der Waals surface area contributed by atoms with E-state index in [2.05, 4.69) is 24.7 Å². The first-order valence-electron chi connectivity index (χ1n) is 4.19. The Morgan fingerprint density at radius 2 is 2.08 bits per heavy atom. The van der Waals surface area contributed by atoms with E-state index < -0.39 is 14.1 Å². The van der Waals surface area contributed by atoms with Gasteiger partial charge in [0.25, 0.3) is 0 Å². The molecule has 0 radical (unpaired) electrons. The third-order valence-electron chi connectivity index (χ3n) is 1.81. The van der Waals surface area contributed by atoms with Gasteiger partial charge in [-0.3, -0.25) is 0 Å². The molecule has 2 N–H and O–H groups in total. The standard InChI is InChI=1S/C8H15N3OSi/c1-6-5-7(13(2,3)4)11(10-6)8(9)12/h5H,1-4H3,(H2,9,12). The average molecular weight is 197 g/mol. The van der Waals surface area contributed by atoms with E-state index in [-0.39, 0.29) is 0 Å². The summed E-state index contributed by atoms with van der Waals surface area (Å²) in [5.74, 6) is 0. The molecule has 0 bridgehead atoms. The molecule has 0 aliphatic heterocycles. The molecule has 0 spiro atoms. The van der Waals surface area contributed by atoms with Crippen LogP contribution in [0, 0.1) is 6.92 Å². The van der Waals surface area contributed by atoms with Crippen LogP contribution in [0.15, 0.2) is 6.07 Å². The van der Waals surface area contributed by atoms with E-state index in [1.807, 2.05) is 13.0 Å². The summed E-state index contributed by atoms with van der Waals surface area (Å²) in [6, 6.07) is 1.45. The van der Waals surface area contributed by atoms with Gasteiger partial charge < -0.3 is 5.73 Å². The van der Waals surface area contributed by atoms with Crippen molar-refractivity contribution in [2.24, 2.45) is 5.73 Å². The molecule has 0 unspecified atom stereocenters. The molecule has 5 heteroatoms. The zero-order valence-electron chi connectivity index (χ0n) is 8.46. The van der Waals surface area contributed by atoms with Crippen molar-refractivity contribution in [1.82, 2.24) is 9.78 Å². The van der Waals surface area contributed by atoms with Gasteiger partial charge in [-0.25, -0.2) is 4.79 Å². The molecule has 0 saturated heterocycles. The monoisotopic (exact) mass is 197 g/mol. The fraction of sp³-hybridized carbons (Fsp3) is 0.500. The molecule has 0 aliphatic rings. The van der Waals surface area contributed by atoms with Crippen molar-refractivity contribution >= 4 is 19.4 Å². The minimum Gasteiger partial charge on any atom is -0.350 e. The summed E-state index contributed by atoms with van der Waals surface area (Å²) >= 11 is 0. The van der Waals surface area contributed by atoms with Gasteiger partial charge in [-0.1, -0.05) is 19.6 Å². The molecule has 0 fully saturated rings. The fourth-order valence-corrected chi connectivity index (χ4v) is 2.64. The zero-order valence-corrected chi connectivity index (χ0v) is 9.46. The predicted octanol–water partition coefficient (Wildman–Crippen LogP) is 0.664. The van der Waals surface area contributed by atoms with Crippen LogP contribution in [0.4, 0.5) is 4.79 Å². The molecular formula is C8H15N3OSi. The second-order valence-corrected chi connectivity index (χ2v) is 9.18. The van der Waals surface area contributed by atoms with E-state index in [1.54, 1.807) is 0 Å². The minimum absolute atomic E-state index is 0.495. The first kappa shape index (κ1) is 9.98. The van der Waals surface area contributed by atoms with E-state index in [1.165, 1.54) is 4.68 Å². The summed E-state index contributed by atoms with van der Waals surface area (Å²) in [6.07, 6.45) is 0. The summed E-state index contributed by atoms with van der Waals surface area (Å²) in [6.45, 7) is 8.33. The van der Waals surface area contributed by atoms with E-state index >= 15 is 0 Å². The number of carbonyl (C=O) groups is 1. The van der Waals surface area contributed by atoms with Gasteiger partial charge in [-0.15, -0.1) is 0 Å². The molecule has 72 valence electrons. The van der Waals surface area contributed by atoms with E-state index in [9.17, 15) is 4.79 Å². The lowest BCUT2D eigenvalue weighted by atomic mass is 10.5. The van der Waals surface area contributed by atoms with Crippen LogP contribution in [0.5, 0.6) is 0 Å². The van der Waals surface area contributed by atoms with Crippen LogP contribution < -0.4 is 11.1 Å². The number of rotatable bonds is 1. The Bertz CT molecular complexity index is 338. The Morgan fingerprint density at radius 3 is 2.38 bits per heavy atom. The maximum atomic E-state index is 11.0. The van der Waals surface area contributed by atoms with Crippen molar-refractivity contribution in [3.63, 3.8) is 0 Å². The topological polar surface area (TPSA) is 60.9 Å². The van der Waals surface area contributed by atoms with Gasteiger partial charge in [0.05, 0.1) is 5.69 Å². The van der Waals surface area contributed by atoms with E-state index in [0.717, 1.165) is 11.0 Å². The lowest BCUT2D eigenvalue weighted by Crippen LogP contribution is -2.46. The molecular weight excluding hydrogens is 182 g/mol. The number of primary amides is 1. The van der Waals surface area contributed by atoms with Gasteiger partial charge in [0.2, 0.25) is 0 Å². The van der Waals surface area contributed by atoms with E-state index in [4.69, 9.17) is 5.73 Å². The Kier molecular flexibility index (Phi) is 2.29. The summed E-state index contributed by atoms with van der Waals surface area (Å²) in [5, 5.41) is 5.04. The fourth-order valence-electron chi connectivity index (χ4n) is 1.20. The highest BCUT2D eigenvalue weighted by Crippen LogP contribution is 2.03. The van der Waals surface area contributed by atoms with Crippen LogP contribution in [0.3, 0.4) is 0 Å². The highest BCUT2D eigenvalue weighted by molar-refractivity contribution is 6.88. The maximum absolute atomic E-state index is 11.0. The Hall–Kier alpha value is -1.10. The molecule has 13 heavy (non-hydrogen) atoms. The number of nitrogens with zero attached hydrogens (tertiary/aromatic N) is 2. The number of hydrogen-bond acceptors (Lipinski definition) is 2. The third-order valence-corrected chi connectivity index (χ3v) is 3.70. The molecule has 1 aromatic rings. The number of aryl methyl sites for hydroxylation is 1. The largest absolute Gasteiger partial charge is 0.350 e. The van der Waals surface area contributed by atoms with Gasteiger partial charge >= 0.3 is 6.03 Å². The second kappa shape index (κ2) is 2.99. The average Bonchev–Trinajstić information content (AvgIpc) is 2.29. The van der Waals surface area contributed by atoms with Crippen LogP contribution in [0.2, 0.25) is 19.6 Å². The summed E-state index contributed by atoms with van der Waals surface area (Å²) < 4.78 is 1.32. The summed E-state index contributed by atoms with van der Waals surface area (Å²) in [7, 11) is -1.52. The van der Waals surface area contributed by atoms with Crippen molar-refractivity contribution in [2.75, 3.05) is 0 Å². The lowest BCUT2D eigenvalue weighted by Gasteiger charge is -2.15. The zero-order chi connectivity index (χ0) is 10.2.